The van der Waals surface area contributed by atoms with Gasteiger partial charge in [-0.2, -0.15) is 5.26 Å². The Morgan fingerprint density at radius 3 is 2.50 bits per heavy atom. The molecular formula is C20H32O4. The Morgan fingerprint density at radius 1 is 1.00 bits per heavy atom. The summed E-state index contributed by atoms with van der Waals surface area (Å²) in [6.45, 7) is 2.19. The molecule has 0 heterocycles. The minimum Gasteiger partial charge on any atom is -0.389 e. The molecule has 0 aliphatic heterocycles. The molecule has 136 valence electrons. The Balaban J connectivity index is 3.63. The number of hydrogen-bond acceptors (Lipinski definition) is 4. The van der Waals surface area contributed by atoms with Crippen LogP contribution in [0.4, 0.5) is 0 Å². The maximum Gasteiger partial charge on any atom is 0.342 e. The van der Waals surface area contributed by atoms with Crippen LogP contribution in [0.25, 0.3) is 0 Å². The fraction of sp³-hybridized carbons (Fsp3) is 0.550. The molecule has 0 amide bonds. The highest BCUT2D eigenvalue weighted by atomic mass is 17.1. The number of carbonyl (C=O) groups is 1. The SMILES string of the molecule is CCCCCC=CCC(O)C=CC=CCC=CCCCC(=O)OO. The van der Waals surface area contributed by atoms with Crippen molar-refractivity contribution in [2.75, 3.05) is 0 Å². The van der Waals surface area contributed by atoms with Crippen LogP contribution < -0.4 is 0 Å². The number of aliphatic hydroxyl groups is 1. The zero-order chi connectivity index (χ0) is 17.9. The van der Waals surface area contributed by atoms with E-state index in [1.54, 1.807) is 6.08 Å². The molecule has 24 heavy (non-hydrogen) atoms. The first-order valence-corrected chi connectivity index (χ1v) is 8.86. The van der Waals surface area contributed by atoms with Crippen LogP contribution in [0.3, 0.4) is 0 Å². The summed E-state index contributed by atoms with van der Waals surface area (Å²) < 4.78 is 0. The van der Waals surface area contributed by atoms with Crippen LogP contribution in [-0.4, -0.2) is 22.4 Å². The molecule has 1 atom stereocenters. The molecule has 0 aliphatic carbocycles. The first-order chi connectivity index (χ1) is 11.7. The van der Waals surface area contributed by atoms with E-state index in [1.807, 2.05) is 36.5 Å². The van der Waals surface area contributed by atoms with Gasteiger partial charge < -0.3 is 9.99 Å². The Hall–Kier alpha value is -1.65. The minimum absolute atomic E-state index is 0.227. The second-order valence-electron chi connectivity index (χ2n) is 5.65. The topological polar surface area (TPSA) is 66.8 Å². The normalized spacial score (nSPS) is 13.6. The molecule has 0 saturated carbocycles. The number of aliphatic hydroxyl groups excluding tert-OH is 1. The third kappa shape index (κ3) is 16.7. The van der Waals surface area contributed by atoms with Crippen LogP contribution in [0, 0.1) is 0 Å². The van der Waals surface area contributed by atoms with E-state index >= 15 is 0 Å². The van der Waals surface area contributed by atoms with Crippen molar-refractivity contribution in [3.05, 3.63) is 48.6 Å². The first-order valence-electron chi connectivity index (χ1n) is 8.86. The second kappa shape index (κ2) is 17.7. The lowest BCUT2D eigenvalue weighted by molar-refractivity contribution is -0.234. The monoisotopic (exact) mass is 336 g/mol. The van der Waals surface area contributed by atoms with Gasteiger partial charge in [-0.1, -0.05) is 68.4 Å². The molecule has 0 fully saturated rings. The van der Waals surface area contributed by atoms with Crippen molar-refractivity contribution in [2.24, 2.45) is 0 Å². The Kier molecular flexibility index (Phi) is 16.5. The first kappa shape index (κ1) is 22.4. The van der Waals surface area contributed by atoms with Gasteiger partial charge >= 0.3 is 5.97 Å². The van der Waals surface area contributed by atoms with Crippen LogP contribution in [0.1, 0.15) is 64.7 Å². The smallest absolute Gasteiger partial charge is 0.342 e. The van der Waals surface area contributed by atoms with Gasteiger partial charge in [0.2, 0.25) is 0 Å². The summed E-state index contributed by atoms with van der Waals surface area (Å²) in [6, 6.07) is 0. The third-order valence-corrected chi connectivity index (χ3v) is 3.39. The summed E-state index contributed by atoms with van der Waals surface area (Å²) in [7, 11) is 0. The zero-order valence-corrected chi connectivity index (χ0v) is 14.8. The van der Waals surface area contributed by atoms with Gasteiger partial charge in [0.15, 0.2) is 0 Å². The summed E-state index contributed by atoms with van der Waals surface area (Å²) in [4.78, 5) is 14.2. The van der Waals surface area contributed by atoms with Crippen LogP contribution in [-0.2, 0) is 9.68 Å². The molecule has 0 rings (SSSR count). The number of unbranched alkanes of at least 4 members (excludes halogenated alkanes) is 4. The minimum atomic E-state index is -0.595. The zero-order valence-electron chi connectivity index (χ0n) is 14.8. The van der Waals surface area contributed by atoms with E-state index in [9.17, 15) is 9.90 Å². The molecule has 0 aliphatic rings. The predicted molar refractivity (Wildman–Crippen MR) is 98.5 cm³/mol. The predicted octanol–water partition coefficient (Wildman–Crippen LogP) is 5.12. The highest BCUT2D eigenvalue weighted by molar-refractivity contribution is 5.68. The van der Waals surface area contributed by atoms with Crippen molar-refractivity contribution in [3.8, 4) is 0 Å². The van der Waals surface area contributed by atoms with Crippen LogP contribution in [0.2, 0.25) is 0 Å². The second-order valence-corrected chi connectivity index (χ2v) is 5.65. The van der Waals surface area contributed by atoms with E-state index in [2.05, 4.69) is 17.9 Å². The Labute approximate surface area is 146 Å². The van der Waals surface area contributed by atoms with Crippen LogP contribution in [0.15, 0.2) is 48.6 Å². The van der Waals surface area contributed by atoms with Gasteiger partial charge in [-0.05, 0) is 38.5 Å². The molecule has 0 aromatic rings. The van der Waals surface area contributed by atoms with Crippen molar-refractivity contribution in [1.29, 1.82) is 0 Å². The van der Waals surface area contributed by atoms with E-state index in [1.165, 1.54) is 19.3 Å². The lowest BCUT2D eigenvalue weighted by Gasteiger charge is -1.99. The molecular weight excluding hydrogens is 304 g/mol. The van der Waals surface area contributed by atoms with Gasteiger partial charge in [-0.15, -0.1) is 0 Å². The van der Waals surface area contributed by atoms with Crippen LogP contribution in [0.5, 0.6) is 0 Å². The molecule has 0 radical (unpaired) electrons. The van der Waals surface area contributed by atoms with E-state index < -0.39 is 12.1 Å². The van der Waals surface area contributed by atoms with Crippen molar-refractivity contribution < 1.29 is 20.0 Å². The average Bonchev–Trinajstić information content (AvgIpc) is 2.59. The van der Waals surface area contributed by atoms with Gasteiger partial charge in [0.1, 0.15) is 0 Å². The molecule has 0 aromatic heterocycles. The van der Waals surface area contributed by atoms with Crippen molar-refractivity contribution in [1.82, 2.24) is 0 Å². The van der Waals surface area contributed by atoms with E-state index in [-0.39, 0.29) is 6.42 Å². The standard InChI is InChI=1S/C20H32O4/c1-2-3-4-5-10-13-16-19(21)17-14-11-8-6-7-9-12-15-18-20(22)24-23/h7-11,13-14,17,19,21,23H,2-6,12,15-16,18H2,1H3. The molecule has 0 bridgehead atoms. The maximum atomic E-state index is 10.7. The van der Waals surface area contributed by atoms with E-state index in [0.717, 1.165) is 19.3 Å². The highest BCUT2D eigenvalue weighted by Crippen LogP contribution is 2.02. The molecule has 0 spiro atoms. The van der Waals surface area contributed by atoms with Gasteiger partial charge in [-0.3, -0.25) is 0 Å². The third-order valence-electron chi connectivity index (χ3n) is 3.39. The van der Waals surface area contributed by atoms with Crippen molar-refractivity contribution in [2.45, 2.75) is 70.8 Å². The quantitative estimate of drug-likeness (QED) is 0.152. The average molecular weight is 336 g/mol. The fourth-order valence-corrected chi connectivity index (χ4v) is 2.00. The van der Waals surface area contributed by atoms with Gasteiger partial charge in [0, 0.05) is 6.42 Å². The Morgan fingerprint density at radius 2 is 1.75 bits per heavy atom. The van der Waals surface area contributed by atoms with Gasteiger partial charge in [0.05, 0.1) is 6.10 Å². The fourth-order valence-electron chi connectivity index (χ4n) is 2.00. The summed E-state index contributed by atoms with van der Waals surface area (Å²) in [5.74, 6) is -0.595. The summed E-state index contributed by atoms with van der Waals surface area (Å²) in [5.41, 5.74) is 0. The molecule has 4 nitrogen and oxygen atoms in total. The number of carbonyl (C=O) groups excluding carboxylic acids is 1. The number of allylic oxidation sites excluding steroid dienone is 6. The van der Waals surface area contributed by atoms with Crippen molar-refractivity contribution >= 4 is 5.97 Å². The lowest BCUT2D eigenvalue weighted by Crippen LogP contribution is -1.99. The molecule has 1 unspecified atom stereocenters. The maximum absolute atomic E-state index is 10.7. The largest absolute Gasteiger partial charge is 0.389 e. The Bertz CT molecular complexity index is 408. The lowest BCUT2D eigenvalue weighted by atomic mass is 10.1. The van der Waals surface area contributed by atoms with Gasteiger partial charge in [-0.25, -0.2) is 4.79 Å². The molecule has 4 heteroatoms. The van der Waals surface area contributed by atoms with Crippen LogP contribution >= 0.6 is 0 Å². The molecule has 0 saturated heterocycles. The number of hydrogen-bond donors (Lipinski definition) is 2. The molecule has 0 aromatic carbocycles. The summed E-state index contributed by atoms with van der Waals surface area (Å²) in [6.07, 6.45) is 23.3. The summed E-state index contributed by atoms with van der Waals surface area (Å²) >= 11 is 0. The summed E-state index contributed by atoms with van der Waals surface area (Å²) in [5, 5.41) is 17.9. The van der Waals surface area contributed by atoms with Crippen molar-refractivity contribution in [3.63, 3.8) is 0 Å². The van der Waals surface area contributed by atoms with E-state index in [4.69, 9.17) is 5.26 Å². The molecule has 2 N–H and O–H groups in total. The number of rotatable bonds is 14. The van der Waals surface area contributed by atoms with E-state index in [0.29, 0.717) is 12.8 Å². The van der Waals surface area contributed by atoms with Gasteiger partial charge in [0.25, 0.3) is 0 Å². The highest BCUT2D eigenvalue weighted by Gasteiger charge is 1.98.